The van der Waals surface area contributed by atoms with Crippen LogP contribution in [-0.4, -0.2) is 12.6 Å². The summed E-state index contributed by atoms with van der Waals surface area (Å²) in [6.45, 7) is 7.87. The van der Waals surface area contributed by atoms with Crippen LogP contribution in [-0.2, 0) is 0 Å². The zero-order valence-electron chi connectivity index (χ0n) is 11.8. The average Bonchev–Trinajstić information content (AvgIpc) is 2.50. The first-order valence-electron chi connectivity index (χ1n) is 7.32. The Morgan fingerprint density at radius 1 is 1.41 bits per heavy atom. The van der Waals surface area contributed by atoms with Crippen molar-refractivity contribution < 1.29 is 0 Å². The Hall–Kier alpha value is -0.560. The minimum absolute atomic E-state index is 0.683. The van der Waals surface area contributed by atoms with E-state index in [4.69, 9.17) is 0 Å². The highest BCUT2D eigenvalue weighted by molar-refractivity contribution is 5.16. The number of hydrogen-bond acceptors (Lipinski definition) is 1. The van der Waals surface area contributed by atoms with Gasteiger partial charge < -0.3 is 5.32 Å². The van der Waals surface area contributed by atoms with Crippen LogP contribution in [0.4, 0.5) is 0 Å². The Balaban J connectivity index is 2.10. The van der Waals surface area contributed by atoms with Crippen LogP contribution in [0.25, 0.3) is 0 Å². The van der Waals surface area contributed by atoms with Crippen molar-refractivity contribution in [3.63, 3.8) is 0 Å². The standard InChI is InChI=1S/C16H29N/c1-4-17-15(3)9-5-6-10-16-11-7-8-14(2)12-13-16/h7-8,11,14-15,17H,4-6,9-10,12-13H2,1-3H3. The van der Waals surface area contributed by atoms with Gasteiger partial charge in [0.1, 0.15) is 0 Å². The number of allylic oxidation sites excluding steroid dienone is 4. The van der Waals surface area contributed by atoms with Crippen molar-refractivity contribution in [1.82, 2.24) is 5.32 Å². The molecule has 1 aliphatic carbocycles. The molecule has 1 rings (SSSR count). The molecule has 0 spiro atoms. The Labute approximate surface area is 107 Å². The molecule has 0 aromatic rings. The summed E-state index contributed by atoms with van der Waals surface area (Å²) in [6.07, 6.45) is 14.9. The lowest BCUT2D eigenvalue weighted by atomic mass is 9.99. The van der Waals surface area contributed by atoms with Gasteiger partial charge in [0.2, 0.25) is 0 Å². The second-order valence-corrected chi connectivity index (χ2v) is 5.43. The van der Waals surface area contributed by atoms with E-state index in [1.54, 1.807) is 5.57 Å². The molecule has 0 aromatic heterocycles. The monoisotopic (exact) mass is 235 g/mol. The molecule has 1 N–H and O–H groups in total. The molecule has 0 saturated carbocycles. The predicted octanol–water partition coefficient (Wildman–Crippen LogP) is 4.46. The highest BCUT2D eigenvalue weighted by Gasteiger charge is 2.05. The van der Waals surface area contributed by atoms with Crippen molar-refractivity contribution in [3.8, 4) is 0 Å². The Morgan fingerprint density at radius 3 is 3.00 bits per heavy atom. The summed E-state index contributed by atoms with van der Waals surface area (Å²) < 4.78 is 0. The van der Waals surface area contributed by atoms with Crippen molar-refractivity contribution in [2.24, 2.45) is 5.92 Å². The summed E-state index contributed by atoms with van der Waals surface area (Å²) >= 11 is 0. The van der Waals surface area contributed by atoms with E-state index in [9.17, 15) is 0 Å². The smallest absolute Gasteiger partial charge is 0.00386 e. The van der Waals surface area contributed by atoms with Crippen LogP contribution in [0.3, 0.4) is 0 Å². The van der Waals surface area contributed by atoms with Crippen molar-refractivity contribution >= 4 is 0 Å². The van der Waals surface area contributed by atoms with E-state index < -0.39 is 0 Å². The Kier molecular flexibility index (Phi) is 7.27. The Morgan fingerprint density at radius 2 is 2.24 bits per heavy atom. The topological polar surface area (TPSA) is 12.0 Å². The van der Waals surface area contributed by atoms with Crippen LogP contribution < -0.4 is 5.32 Å². The highest BCUT2D eigenvalue weighted by atomic mass is 14.9. The van der Waals surface area contributed by atoms with Gasteiger partial charge in [-0.05, 0) is 51.5 Å². The largest absolute Gasteiger partial charge is 0.315 e. The van der Waals surface area contributed by atoms with Crippen LogP contribution in [0, 0.1) is 5.92 Å². The summed E-state index contributed by atoms with van der Waals surface area (Å²) in [5.74, 6) is 0.762. The summed E-state index contributed by atoms with van der Waals surface area (Å²) in [5.41, 5.74) is 1.65. The van der Waals surface area contributed by atoms with Crippen LogP contribution >= 0.6 is 0 Å². The number of rotatable bonds is 7. The molecular formula is C16H29N. The third-order valence-corrected chi connectivity index (χ3v) is 3.63. The fourth-order valence-electron chi connectivity index (χ4n) is 2.44. The van der Waals surface area contributed by atoms with E-state index in [0.29, 0.717) is 6.04 Å². The van der Waals surface area contributed by atoms with E-state index in [1.165, 1.54) is 38.5 Å². The third kappa shape index (κ3) is 6.68. The van der Waals surface area contributed by atoms with Crippen molar-refractivity contribution in [1.29, 1.82) is 0 Å². The molecule has 2 unspecified atom stereocenters. The van der Waals surface area contributed by atoms with Crippen LogP contribution in [0.5, 0.6) is 0 Å². The lowest BCUT2D eigenvalue weighted by Crippen LogP contribution is -2.25. The first kappa shape index (κ1) is 14.5. The van der Waals surface area contributed by atoms with E-state index in [0.717, 1.165) is 12.5 Å². The van der Waals surface area contributed by atoms with Crippen molar-refractivity contribution in [2.75, 3.05) is 6.54 Å². The summed E-state index contributed by atoms with van der Waals surface area (Å²) in [5, 5.41) is 3.47. The number of unbranched alkanes of at least 4 members (excludes halogenated alkanes) is 1. The van der Waals surface area contributed by atoms with Gasteiger partial charge in [0.05, 0.1) is 0 Å². The lowest BCUT2D eigenvalue weighted by Gasteiger charge is -2.12. The molecule has 0 fully saturated rings. The quantitative estimate of drug-likeness (QED) is 0.643. The normalized spacial score (nSPS) is 22.1. The fourth-order valence-corrected chi connectivity index (χ4v) is 2.44. The van der Waals surface area contributed by atoms with Gasteiger partial charge in [-0.15, -0.1) is 0 Å². The van der Waals surface area contributed by atoms with Gasteiger partial charge in [0, 0.05) is 6.04 Å². The lowest BCUT2D eigenvalue weighted by molar-refractivity contribution is 0.500. The highest BCUT2D eigenvalue weighted by Crippen LogP contribution is 2.21. The molecule has 0 bridgehead atoms. The maximum atomic E-state index is 3.47. The van der Waals surface area contributed by atoms with Crippen molar-refractivity contribution in [3.05, 3.63) is 23.8 Å². The van der Waals surface area contributed by atoms with E-state index in [2.05, 4.69) is 44.3 Å². The average molecular weight is 235 g/mol. The van der Waals surface area contributed by atoms with E-state index >= 15 is 0 Å². The van der Waals surface area contributed by atoms with Crippen molar-refractivity contribution in [2.45, 2.75) is 65.3 Å². The zero-order valence-corrected chi connectivity index (χ0v) is 11.8. The molecule has 1 heteroatoms. The second-order valence-electron chi connectivity index (χ2n) is 5.43. The van der Waals surface area contributed by atoms with Crippen LogP contribution in [0.2, 0.25) is 0 Å². The molecule has 1 nitrogen and oxygen atoms in total. The molecule has 17 heavy (non-hydrogen) atoms. The van der Waals surface area contributed by atoms with Gasteiger partial charge in [0.15, 0.2) is 0 Å². The van der Waals surface area contributed by atoms with Crippen LogP contribution in [0.1, 0.15) is 59.3 Å². The third-order valence-electron chi connectivity index (χ3n) is 3.63. The maximum Gasteiger partial charge on any atom is 0.00386 e. The molecule has 98 valence electrons. The molecule has 0 radical (unpaired) electrons. The van der Waals surface area contributed by atoms with Gasteiger partial charge in [-0.2, -0.15) is 0 Å². The number of hydrogen-bond donors (Lipinski definition) is 1. The molecule has 0 heterocycles. The summed E-state index contributed by atoms with van der Waals surface area (Å²) in [6, 6.07) is 0.683. The summed E-state index contributed by atoms with van der Waals surface area (Å²) in [7, 11) is 0. The minimum Gasteiger partial charge on any atom is -0.315 e. The SMILES string of the molecule is CCNC(C)CCCCC1=CC=CC(C)CC1. The van der Waals surface area contributed by atoms with Gasteiger partial charge in [0.25, 0.3) is 0 Å². The molecule has 0 amide bonds. The molecule has 0 aromatic carbocycles. The molecule has 2 atom stereocenters. The molecule has 0 saturated heterocycles. The maximum absolute atomic E-state index is 3.47. The Bertz CT molecular complexity index is 252. The first-order chi connectivity index (χ1) is 8.22. The molecule has 1 aliphatic rings. The van der Waals surface area contributed by atoms with E-state index in [-0.39, 0.29) is 0 Å². The summed E-state index contributed by atoms with van der Waals surface area (Å²) in [4.78, 5) is 0. The van der Waals surface area contributed by atoms with Gasteiger partial charge in [-0.25, -0.2) is 0 Å². The van der Waals surface area contributed by atoms with Gasteiger partial charge >= 0.3 is 0 Å². The first-order valence-corrected chi connectivity index (χ1v) is 7.32. The predicted molar refractivity (Wildman–Crippen MR) is 77.2 cm³/mol. The van der Waals surface area contributed by atoms with Gasteiger partial charge in [-0.3, -0.25) is 0 Å². The second kappa shape index (κ2) is 8.52. The number of nitrogens with one attached hydrogen (secondary N) is 1. The molecule has 0 aliphatic heterocycles. The van der Waals surface area contributed by atoms with Crippen LogP contribution in [0.15, 0.2) is 23.8 Å². The minimum atomic E-state index is 0.683. The zero-order chi connectivity index (χ0) is 12.5. The van der Waals surface area contributed by atoms with E-state index in [1.807, 2.05) is 0 Å². The fraction of sp³-hybridized carbons (Fsp3) is 0.750. The molecular weight excluding hydrogens is 206 g/mol. The van der Waals surface area contributed by atoms with Gasteiger partial charge in [-0.1, -0.05) is 44.1 Å².